The maximum Gasteiger partial charge on any atom is 0.241 e. The highest BCUT2D eigenvalue weighted by molar-refractivity contribution is 7.98. The van der Waals surface area contributed by atoms with Crippen LogP contribution >= 0.6 is 11.8 Å². The molecular weight excluding hydrogens is 508 g/mol. The fourth-order valence-corrected chi connectivity index (χ4v) is 5.65. The smallest absolute Gasteiger partial charge is 0.241 e. The monoisotopic (exact) mass is 542 g/mol. The molecule has 0 radical (unpaired) electrons. The van der Waals surface area contributed by atoms with Gasteiger partial charge in [0.15, 0.2) is 0 Å². The second-order valence-electron chi connectivity index (χ2n) is 9.43. The molecule has 0 aromatic heterocycles. The first-order valence-electron chi connectivity index (χ1n) is 13.3. The number of fused-ring (bicyclic) bond motifs is 1. The van der Waals surface area contributed by atoms with Gasteiger partial charge in [0.1, 0.15) is 23.9 Å². The summed E-state index contributed by atoms with van der Waals surface area (Å²) in [5.74, 6) is 4.51. The van der Waals surface area contributed by atoms with Gasteiger partial charge in [0.25, 0.3) is 0 Å². The van der Waals surface area contributed by atoms with Gasteiger partial charge in [-0.1, -0.05) is 48.5 Å². The van der Waals surface area contributed by atoms with Crippen molar-refractivity contribution in [2.24, 2.45) is 0 Å². The summed E-state index contributed by atoms with van der Waals surface area (Å²) in [7, 11) is 1.71. The largest absolute Gasteiger partial charge is 0.496 e. The van der Waals surface area contributed by atoms with Crippen molar-refractivity contribution in [3.05, 3.63) is 96.6 Å². The molecule has 1 aliphatic heterocycles. The Labute approximate surface area is 234 Å². The minimum atomic E-state index is -0.107. The van der Waals surface area contributed by atoms with E-state index in [1.54, 1.807) is 7.11 Å². The van der Waals surface area contributed by atoms with Crippen molar-refractivity contribution in [2.75, 3.05) is 44.1 Å². The molecule has 5 rings (SSSR count). The van der Waals surface area contributed by atoms with E-state index in [0.717, 1.165) is 46.2 Å². The first-order valence-corrected chi connectivity index (χ1v) is 14.4. The fourth-order valence-electron chi connectivity index (χ4n) is 4.72. The molecule has 4 aromatic carbocycles. The zero-order valence-electron chi connectivity index (χ0n) is 22.2. The Morgan fingerprint density at radius 3 is 2.51 bits per heavy atom. The van der Waals surface area contributed by atoms with Gasteiger partial charge in [-0.05, 0) is 65.4 Å². The standard InChI is InChI=1S/C32H34N2O4S/c1-36-31-10-5-4-9-26(31)23-39-18-6-17-37-29-15-12-27(13-16-29)34-28(20-33-21-32(34)35)22-38-30-14-11-24-7-2-3-8-25(24)19-30/h2-5,7-16,19,28,33H,6,17-18,20-23H2,1H3/t28-/m1/s1. The third-order valence-electron chi connectivity index (χ3n) is 6.72. The van der Waals surface area contributed by atoms with Gasteiger partial charge >= 0.3 is 0 Å². The number of piperazine rings is 1. The number of para-hydroxylation sites is 1. The van der Waals surface area contributed by atoms with Crippen LogP contribution in [-0.2, 0) is 10.5 Å². The molecule has 1 amide bonds. The molecule has 0 aliphatic carbocycles. The average Bonchev–Trinajstić information content (AvgIpc) is 2.98. The molecule has 0 unspecified atom stereocenters. The van der Waals surface area contributed by atoms with Gasteiger partial charge in [-0.2, -0.15) is 11.8 Å². The maximum absolute atomic E-state index is 12.9. The molecule has 1 heterocycles. The molecule has 1 fully saturated rings. The minimum absolute atomic E-state index is 0.0362. The van der Waals surface area contributed by atoms with Crippen molar-refractivity contribution in [1.29, 1.82) is 0 Å². The second kappa shape index (κ2) is 13.4. The molecular formula is C32H34N2O4S. The Hall–Kier alpha value is -3.68. The zero-order valence-corrected chi connectivity index (χ0v) is 23.0. The van der Waals surface area contributed by atoms with E-state index in [4.69, 9.17) is 14.2 Å². The topological polar surface area (TPSA) is 60.0 Å². The van der Waals surface area contributed by atoms with Crippen LogP contribution in [0.4, 0.5) is 5.69 Å². The number of anilines is 1. The third-order valence-corrected chi connectivity index (χ3v) is 7.81. The Morgan fingerprint density at radius 2 is 1.67 bits per heavy atom. The van der Waals surface area contributed by atoms with Gasteiger partial charge < -0.3 is 24.4 Å². The van der Waals surface area contributed by atoms with Crippen molar-refractivity contribution in [3.63, 3.8) is 0 Å². The van der Waals surface area contributed by atoms with Crippen LogP contribution in [0.5, 0.6) is 17.2 Å². The van der Waals surface area contributed by atoms with E-state index in [1.165, 1.54) is 10.9 Å². The van der Waals surface area contributed by atoms with Crippen molar-refractivity contribution < 1.29 is 19.0 Å². The predicted octanol–water partition coefficient (Wildman–Crippen LogP) is 5.93. The molecule has 0 saturated carbocycles. The number of nitrogens with one attached hydrogen (secondary N) is 1. The van der Waals surface area contributed by atoms with E-state index < -0.39 is 0 Å². The maximum atomic E-state index is 12.9. The molecule has 4 aromatic rings. The normalized spacial score (nSPS) is 15.4. The summed E-state index contributed by atoms with van der Waals surface area (Å²) in [6.07, 6.45) is 0.950. The first-order chi connectivity index (χ1) is 19.2. The van der Waals surface area contributed by atoms with E-state index in [-0.39, 0.29) is 11.9 Å². The van der Waals surface area contributed by atoms with Crippen molar-refractivity contribution in [3.8, 4) is 17.2 Å². The number of carbonyl (C=O) groups excluding carboxylic acids is 1. The van der Waals surface area contributed by atoms with Crippen LogP contribution in [0.2, 0.25) is 0 Å². The molecule has 7 heteroatoms. The molecule has 6 nitrogen and oxygen atoms in total. The Kier molecular flexibility index (Phi) is 9.25. The van der Waals surface area contributed by atoms with E-state index in [2.05, 4.69) is 29.6 Å². The zero-order chi connectivity index (χ0) is 26.9. The molecule has 1 saturated heterocycles. The highest BCUT2D eigenvalue weighted by Crippen LogP contribution is 2.26. The van der Waals surface area contributed by atoms with Gasteiger partial charge in [-0.25, -0.2) is 0 Å². The first kappa shape index (κ1) is 26.9. The Bertz CT molecular complexity index is 1380. The molecule has 1 aliphatic rings. The van der Waals surface area contributed by atoms with Gasteiger partial charge in [-0.15, -0.1) is 0 Å². The lowest BCUT2D eigenvalue weighted by Gasteiger charge is -2.36. The lowest BCUT2D eigenvalue weighted by Crippen LogP contribution is -2.57. The number of methoxy groups -OCH3 is 1. The number of hydrogen-bond donors (Lipinski definition) is 1. The van der Waals surface area contributed by atoms with Crippen LogP contribution in [0.3, 0.4) is 0 Å². The highest BCUT2D eigenvalue weighted by Gasteiger charge is 2.29. The Morgan fingerprint density at radius 1 is 0.897 bits per heavy atom. The summed E-state index contributed by atoms with van der Waals surface area (Å²) in [6.45, 7) is 2.04. The van der Waals surface area contributed by atoms with Crippen LogP contribution in [-0.4, -0.2) is 51.1 Å². The quantitative estimate of drug-likeness (QED) is 0.224. The number of amides is 1. The van der Waals surface area contributed by atoms with Crippen LogP contribution in [0.1, 0.15) is 12.0 Å². The number of nitrogens with zero attached hydrogens (tertiary/aromatic N) is 1. The third kappa shape index (κ3) is 7.05. The molecule has 202 valence electrons. The summed E-state index contributed by atoms with van der Waals surface area (Å²) in [4.78, 5) is 14.7. The fraction of sp³-hybridized carbons (Fsp3) is 0.281. The average molecular weight is 543 g/mol. The van der Waals surface area contributed by atoms with E-state index in [0.29, 0.717) is 26.3 Å². The Balaban J connectivity index is 1.11. The molecule has 0 spiro atoms. The van der Waals surface area contributed by atoms with Gasteiger partial charge in [0.2, 0.25) is 5.91 Å². The summed E-state index contributed by atoms with van der Waals surface area (Å²) in [5.41, 5.74) is 2.07. The SMILES string of the molecule is COc1ccccc1CSCCCOc1ccc(N2C(=O)CNC[C@@H]2COc2ccc3ccccc3c2)cc1. The minimum Gasteiger partial charge on any atom is -0.496 e. The van der Waals surface area contributed by atoms with Gasteiger partial charge in [-0.3, -0.25) is 4.79 Å². The number of rotatable bonds is 12. The van der Waals surface area contributed by atoms with Gasteiger partial charge in [0, 0.05) is 23.5 Å². The number of thioether (sulfide) groups is 1. The number of benzene rings is 4. The van der Waals surface area contributed by atoms with E-state index in [1.807, 2.05) is 83.4 Å². The highest BCUT2D eigenvalue weighted by atomic mass is 32.2. The van der Waals surface area contributed by atoms with Crippen LogP contribution in [0.15, 0.2) is 91.0 Å². The predicted molar refractivity (Wildman–Crippen MR) is 159 cm³/mol. The number of carbonyl (C=O) groups is 1. The summed E-state index contributed by atoms with van der Waals surface area (Å²) >= 11 is 1.87. The molecule has 39 heavy (non-hydrogen) atoms. The van der Waals surface area contributed by atoms with Crippen molar-refractivity contribution in [1.82, 2.24) is 5.32 Å². The van der Waals surface area contributed by atoms with E-state index >= 15 is 0 Å². The lowest BCUT2D eigenvalue weighted by atomic mass is 10.1. The number of ether oxygens (including phenoxy) is 3. The van der Waals surface area contributed by atoms with Gasteiger partial charge in [0.05, 0.1) is 26.3 Å². The lowest BCUT2D eigenvalue weighted by molar-refractivity contribution is -0.119. The summed E-state index contributed by atoms with van der Waals surface area (Å²) in [6, 6.07) is 30.1. The van der Waals surface area contributed by atoms with E-state index in [9.17, 15) is 4.79 Å². The summed E-state index contributed by atoms with van der Waals surface area (Å²) < 4.78 is 17.5. The van der Waals surface area contributed by atoms with Crippen LogP contribution in [0, 0.1) is 0 Å². The molecule has 0 bridgehead atoms. The molecule has 1 N–H and O–H groups in total. The second-order valence-corrected chi connectivity index (χ2v) is 10.5. The van der Waals surface area contributed by atoms with Crippen molar-refractivity contribution >= 4 is 34.1 Å². The number of hydrogen-bond acceptors (Lipinski definition) is 6. The van der Waals surface area contributed by atoms with Crippen LogP contribution < -0.4 is 24.4 Å². The summed E-state index contributed by atoms with van der Waals surface area (Å²) in [5, 5.41) is 5.53. The van der Waals surface area contributed by atoms with Crippen LogP contribution in [0.25, 0.3) is 10.8 Å². The van der Waals surface area contributed by atoms with Crippen molar-refractivity contribution in [2.45, 2.75) is 18.2 Å². The molecule has 1 atom stereocenters.